The van der Waals surface area contributed by atoms with Crippen molar-refractivity contribution in [1.29, 1.82) is 0 Å². The van der Waals surface area contributed by atoms with Crippen molar-refractivity contribution in [2.75, 3.05) is 0 Å². The molecule has 0 saturated carbocycles. The lowest BCUT2D eigenvalue weighted by Gasteiger charge is -2.20. The molecule has 2 rings (SSSR count). The van der Waals surface area contributed by atoms with Gasteiger partial charge < -0.3 is 10.2 Å². The molecule has 1 aromatic rings. The van der Waals surface area contributed by atoms with Crippen LogP contribution in [0.2, 0.25) is 0 Å². The fourth-order valence-electron chi connectivity index (χ4n) is 1.94. The van der Waals surface area contributed by atoms with Crippen molar-refractivity contribution in [2.45, 2.75) is 30.0 Å². The predicted octanol–water partition coefficient (Wildman–Crippen LogP) is 1.96. The van der Waals surface area contributed by atoms with E-state index in [-0.39, 0.29) is 15.9 Å². The van der Waals surface area contributed by atoms with E-state index < -0.39 is 12.0 Å². The van der Waals surface area contributed by atoms with Crippen LogP contribution >= 0.6 is 11.8 Å². The Hall–Kier alpha value is -1.20. The Morgan fingerprint density at radius 2 is 1.94 bits per heavy atom. The molecule has 4 nitrogen and oxygen atoms in total. The topological polar surface area (TPSA) is 69.6 Å². The summed E-state index contributed by atoms with van der Waals surface area (Å²) in [5.41, 5.74) is 0.977. The fraction of sp³-hybridized carbons (Fsp3) is 0.417. The van der Waals surface area contributed by atoms with E-state index in [9.17, 15) is 9.90 Å². The van der Waals surface area contributed by atoms with Crippen LogP contribution in [0.15, 0.2) is 24.3 Å². The van der Waals surface area contributed by atoms with Crippen molar-refractivity contribution < 1.29 is 15.0 Å². The Bertz CT molecular complexity index is 430. The molecule has 1 heterocycles. The van der Waals surface area contributed by atoms with Gasteiger partial charge in [0.1, 0.15) is 11.8 Å². The molecule has 0 spiro atoms. The standard InChI is InChI=1S/C12H15NO3S/c1-12(2)9(11(15)16)13-10(17-12)7-3-5-8(14)6-4-7/h3-6,9-10,13-14H,1-2H3,(H,15,16). The lowest BCUT2D eigenvalue weighted by atomic mass is 10.0. The van der Waals surface area contributed by atoms with Crippen LogP contribution in [0, 0.1) is 0 Å². The van der Waals surface area contributed by atoms with Crippen molar-refractivity contribution >= 4 is 17.7 Å². The number of aromatic hydroxyl groups is 1. The third-order valence-corrected chi connectivity index (χ3v) is 4.36. The van der Waals surface area contributed by atoms with E-state index in [0.717, 1.165) is 5.56 Å². The Balaban J connectivity index is 2.21. The van der Waals surface area contributed by atoms with Gasteiger partial charge in [-0.25, -0.2) is 0 Å². The van der Waals surface area contributed by atoms with Gasteiger partial charge in [0.2, 0.25) is 0 Å². The molecule has 0 bridgehead atoms. The second-order valence-corrected chi connectivity index (χ2v) is 6.39. The van der Waals surface area contributed by atoms with Gasteiger partial charge in [0.15, 0.2) is 0 Å². The van der Waals surface area contributed by atoms with Gasteiger partial charge in [-0.2, -0.15) is 0 Å². The molecule has 1 aliphatic heterocycles. The summed E-state index contributed by atoms with van der Waals surface area (Å²) in [6, 6.07) is 6.27. The first-order valence-corrected chi connectivity index (χ1v) is 6.24. The normalized spacial score (nSPS) is 26.9. The summed E-state index contributed by atoms with van der Waals surface area (Å²) in [5.74, 6) is -0.616. The van der Waals surface area contributed by atoms with Gasteiger partial charge in [-0.1, -0.05) is 12.1 Å². The van der Waals surface area contributed by atoms with Crippen molar-refractivity contribution in [3.63, 3.8) is 0 Å². The van der Waals surface area contributed by atoms with E-state index in [1.54, 1.807) is 36.0 Å². The Kier molecular flexibility index (Phi) is 3.05. The number of carboxylic acids is 1. The molecule has 0 aromatic heterocycles. The van der Waals surface area contributed by atoms with Crippen LogP contribution in [0.1, 0.15) is 24.8 Å². The summed E-state index contributed by atoms with van der Waals surface area (Å²) >= 11 is 1.59. The number of rotatable bonds is 2. The maximum atomic E-state index is 11.1. The second-order valence-electron chi connectivity index (χ2n) is 4.63. The average Bonchev–Trinajstić information content (AvgIpc) is 2.55. The summed E-state index contributed by atoms with van der Waals surface area (Å²) in [4.78, 5) is 11.1. The van der Waals surface area contributed by atoms with Crippen molar-refractivity contribution in [3.05, 3.63) is 29.8 Å². The van der Waals surface area contributed by atoms with Gasteiger partial charge >= 0.3 is 5.97 Å². The molecule has 3 N–H and O–H groups in total. The number of phenolic OH excluding ortho intramolecular Hbond substituents is 1. The highest BCUT2D eigenvalue weighted by molar-refractivity contribution is 8.01. The minimum absolute atomic E-state index is 0.0494. The van der Waals surface area contributed by atoms with Gasteiger partial charge in [0, 0.05) is 4.75 Å². The number of hydrogen-bond acceptors (Lipinski definition) is 4. The summed E-state index contributed by atoms with van der Waals surface area (Å²) < 4.78 is -0.353. The van der Waals surface area contributed by atoms with Crippen LogP contribution in [0.4, 0.5) is 0 Å². The van der Waals surface area contributed by atoms with Crippen molar-refractivity contribution in [3.8, 4) is 5.75 Å². The Morgan fingerprint density at radius 1 is 1.35 bits per heavy atom. The molecule has 1 aliphatic rings. The van der Waals surface area contributed by atoms with Crippen molar-refractivity contribution in [2.24, 2.45) is 0 Å². The molecule has 1 saturated heterocycles. The Morgan fingerprint density at radius 3 is 2.41 bits per heavy atom. The number of benzene rings is 1. The van der Waals surface area contributed by atoms with E-state index >= 15 is 0 Å². The summed E-state index contributed by atoms with van der Waals surface area (Å²) in [6.07, 6.45) is 0. The van der Waals surface area contributed by atoms with Crippen LogP contribution in [-0.2, 0) is 4.79 Å². The summed E-state index contributed by atoms with van der Waals surface area (Å²) in [7, 11) is 0. The van der Waals surface area contributed by atoms with Gasteiger partial charge in [-0.3, -0.25) is 10.1 Å². The molecule has 92 valence electrons. The minimum Gasteiger partial charge on any atom is -0.508 e. The van der Waals surface area contributed by atoms with Gasteiger partial charge in [-0.05, 0) is 31.5 Å². The van der Waals surface area contributed by atoms with Crippen LogP contribution < -0.4 is 5.32 Å². The molecule has 5 heteroatoms. The third-order valence-electron chi connectivity index (χ3n) is 2.88. The SMILES string of the molecule is CC1(C)SC(c2ccc(O)cc2)NC1C(=O)O. The molecule has 1 aromatic carbocycles. The van der Waals surface area contributed by atoms with Crippen molar-refractivity contribution in [1.82, 2.24) is 5.32 Å². The van der Waals surface area contributed by atoms with E-state index in [2.05, 4.69) is 5.32 Å². The molecule has 0 amide bonds. The number of thioether (sulfide) groups is 1. The zero-order valence-corrected chi connectivity index (χ0v) is 10.5. The van der Waals surface area contributed by atoms with Crippen LogP contribution in [-0.4, -0.2) is 27.0 Å². The molecule has 17 heavy (non-hydrogen) atoms. The maximum absolute atomic E-state index is 11.1. The zero-order valence-electron chi connectivity index (χ0n) is 9.68. The largest absolute Gasteiger partial charge is 0.508 e. The highest BCUT2D eigenvalue weighted by Gasteiger charge is 2.45. The molecule has 2 atom stereocenters. The zero-order chi connectivity index (χ0) is 12.6. The van der Waals surface area contributed by atoms with Gasteiger partial charge in [-0.15, -0.1) is 11.8 Å². The lowest BCUT2D eigenvalue weighted by molar-refractivity contribution is -0.139. The quantitative estimate of drug-likeness (QED) is 0.751. The Labute approximate surface area is 104 Å². The summed E-state index contributed by atoms with van der Waals surface area (Å²) in [5, 5.41) is 21.4. The highest BCUT2D eigenvalue weighted by Crippen LogP contribution is 2.45. The second kappa shape index (κ2) is 4.23. The first-order valence-electron chi connectivity index (χ1n) is 5.36. The summed E-state index contributed by atoms with van der Waals surface area (Å²) in [6.45, 7) is 3.84. The predicted molar refractivity (Wildman–Crippen MR) is 67.1 cm³/mol. The first-order chi connectivity index (χ1) is 7.90. The van der Waals surface area contributed by atoms with Crippen LogP contribution in [0.25, 0.3) is 0 Å². The smallest absolute Gasteiger partial charge is 0.322 e. The molecule has 0 radical (unpaired) electrons. The minimum atomic E-state index is -0.830. The molecule has 1 fully saturated rings. The number of nitrogens with one attached hydrogen (secondary N) is 1. The lowest BCUT2D eigenvalue weighted by Crippen LogP contribution is -2.43. The highest BCUT2D eigenvalue weighted by atomic mass is 32.2. The average molecular weight is 253 g/mol. The fourth-order valence-corrected chi connectivity index (χ4v) is 3.35. The van der Waals surface area contributed by atoms with E-state index in [0.29, 0.717) is 0 Å². The van der Waals surface area contributed by atoms with Gasteiger partial charge in [0.05, 0.1) is 5.37 Å². The molecule has 0 aliphatic carbocycles. The van der Waals surface area contributed by atoms with E-state index in [1.165, 1.54) is 0 Å². The van der Waals surface area contributed by atoms with Crippen LogP contribution in [0.3, 0.4) is 0 Å². The number of carbonyl (C=O) groups is 1. The number of phenols is 1. The van der Waals surface area contributed by atoms with E-state index in [1.807, 2.05) is 13.8 Å². The molecular formula is C12H15NO3S. The maximum Gasteiger partial charge on any atom is 0.322 e. The monoisotopic (exact) mass is 253 g/mol. The number of carboxylic acid groups (broad SMARTS) is 1. The molecule has 2 unspecified atom stereocenters. The van der Waals surface area contributed by atoms with Crippen LogP contribution in [0.5, 0.6) is 5.75 Å². The molecular weight excluding hydrogens is 238 g/mol. The first kappa shape index (κ1) is 12.3. The number of hydrogen-bond donors (Lipinski definition) is 3. The third kappa shape index (κ3) is 2.40. The van der Waals surface area contributed by atoms with E-state index in [4.69, 9.17) is 5.11 Å². The number of aliphatic carboxylic acids is 1. The van der Waals surface area contributed by atoms with Gasteiger partial charge in [0.25, 0.3) is 0 Å².